The van der Waals surface area contributed by atoms with Crippen LogP contribution in [0.3, 0.4) is 0 Å². The lowest BCUT2D eigenvalue weighted by Gasteiger charge is -2.38. The Morgan fingerprint density at radius 3 is 2.82 bits per heavy atom. The number of fused-ring (bicyclic) bond motifs is 4. The molecule has 0 spiro atoms. The summed E-state index contributed by atoms with van der Waals surface area (Å²) >= 11 is 0. The maximum atomic E-state index is 13.4. The van der Waals surface area contributed by atoms with Crippen molar-refractivity contribution in [2.75, 3.05) is 20.1 Å². The standard InChI is InChI=1S/C25H30N6O3/c1-28-23(32)14-2-4-18-13(6-14)3-5-20(18)31-17-9-22(25(31)34)29(11-17)12-19(27)24(33)30-16(10-26)7-15-8-21(15)30/h2,4,6,15-17,19-22H,3,5,7-9,11-12,27H2,1H3,(H,28,32)/t15-,16?,17?,19?,20+,21+,22+/m1/s1. The second kappa shape index (κ2) is 7.79. The highest BCUT2D eigenvalue weighted by atomic mass is 16.2. The number of likely N-dealkylation sites (tertiary alicyclic amines) is 3. The van der Waals surface area contributed by atoms with Gasteiger partial charge in [0.1, 0.15) is 6.04 Å². The minimum Gasteiger partial charge on any atom is -0.355 e. The number of nitriles is 1. The lowest BCUT2D eigenvalue weighted by atomic mass is 10.0. The van der Waals surface area contributed by atoms with E-state index in [1.54, 1.807) is 11.9 Å². The normalized spacial score (nSPS) is 34.1. The van der Waals surface area contributed by atoms with Crippen molar-refractivity contribution in [3.63, 3.8) is 0 Å². The first-order valence-corrected chi connectivity index (χ1v) is 12.3. The Kier molecular flexibility index (Phi) is 4.94. The molecule has 3 unspecified atom stereocenters. The summed E-state index contributed by atoms with van der Waals surface area (Å²) in [6.07, 6.45) is 4.22. The highest BCUT2D eigenvalue weighted by Gasteiger charge is 2.56. The fraction of sp³-hybridized carbons (Fsp3) is 0.600. The maximum Gasteiger partial charge on any atom is 0.251 e. The molecular weight excluding hydrogens is 432 g/mol. The molecule has 3 heterocycles. The number of nitrogens with one attached hydrogen (secondary N) is 1. The van der Waals surface area contributed by atoms with Gasteiger partial charge in [-0.05, 0) is 61.3 Å². The van der Waals surface area contributed by atoms with Gasteiger partial charge in [-0.15, -0.1) is 0 Å². The minimum atomic E-state index is -0.717. The van der Waals surface area contributed by atoms with E-state index in [0.717, 1.165) is 43.2 Å². The predicted octanol–water partition coefficient (Wildman–Crippen LogP) is 0.159. The summed E-state index contributed by atoms with van der Waals surface area (Å²) < 4.78 is 0. The maximum absolute atomic E-state index is 13.4. The molecule has 5 aliphatic rings. The number of aryl methyl sites for hydroxylation is 1. The molecule has 0 radical (unpaired) electrons. The first kappa shape index (κ1) is 21.6. The van der Waals surface area contributed by atoms with Gasteiger partial charge in [-0.3, -0.25) is 19.3 Å². The Morgan fingerprint density at radius 2 is 2.09 bits per heavy atom. The topological polar surface area (TPSA) is 123 Å². The molecule has 7 atom stereocenters. The molecule has 1 aromatic rings. The van der Waals surface area contributed by atoms with Crippen molar-refractivity contribution in [2.45, 2.75) is 68.4 Å². The Hall–Kier alpha value is -2.96. The molecule has 9 heteroatoms. The Bertz CT molecular complexity index is 1110. The molecule has 3 saturated heterocycles. The van der Waals surface area contributed by atoms with E-state index in [2.05, 4.69) is 16.3 Å². The summed E-state index contributed by atoms with van der Waals surface area (Å²) in [6.45, 7) is 1.07. The zero-order valence-corrected chi connectivity index (χ0v) is 19.3. The van der Waals surface area contributed by atoms with Crippen LogP contribution in [0.5, 0.6) is 0 Å². The summed E-state index contributed by atoms with van der Waals surface area (Å²) in [5, 5.41) is 12.1. The van der Waals surface area contributed by atoms with Gasteiger partial charge >= 0.3 is 0 Å². The van der Waals surface area contributed by atoms with E-state index < -0.39 is 6.04 Å². The van der Waals surface area contributed by atoms with Gasteiger partial charge < -0.3 is 20.9 Å². The van der Waals surface area contributed by atoms with E-state index >= 15 is 0 Å². The molecule has 1 saturated carbocycles. The van der Waals surface area contributed by atoms with Crippen LogP contribution in [0.25, 0.3) is 0 Å². The van der Waals surface area contributed by atoms with E-state index in [-0.39, 0.29) is 47.9 Å². The van der Waals surface area contributed by atoms with Crippen LogP contribution in [-0.4, -0.2) is 82.8 Å². The van der Waals surface area contributed by atoms with Crippen LogP contribution in [0.1, 0.15) is 53.2 Å². The summed E-state index contributed by atoms with van der Waals surface area (Å²) in [7, 11) is 1.62. The predicted molar refractivity (Wildman–Crippen MR) is 122 cm³/mol. The SMILES string of the molecule is CNC(=O)c1ccc2c(c1)CC[C@@H]2N1C(=O)[C@@H]2CC1CN2CC(N)C(=O)N1C(C#N)C[C@@H]2C[C@@H]21. The van der Waals surface area contributed by atoms with Gasteiger partial charge in [-0.2, -0.15) is 5.26 Å². The number of carbonyl (C=O) groups is 3. The number of nitrogens with two attached hydrogens (primary N) is 1. The average Bonchev–Trinajstić information content (AvgIpc) is 3.18. The van der Waals surface area contributed by atoms with Crippen LogP contribution >= 0.6 is 0 Å². The molecule has 3 N–H and O–H groups in total. The third-order valence-corrected chi connectivity index (χ3v) is 8.58. The second-order valence-corrected chi connectivity index (χ2v) is 10.4. The third kappa shape index (κ3) is 3.16. The fourth-order valence-corrected chi connectivity index (χ4v) is 6.88. The van der Waals surface area contributed by atoms with Gasteiger partial charge in [0.15, 0.2) is 0 Å². The zero-order chi connectivity index (χ0) is 23.7. The number of hydrogen-bond acceptors (Lipinski definition) is 6. The summed E-state index contributed by atoms with van der Waals surface area (Å²) in [5.74, 6) is 0.319. The van der Waals surface area contributed by atoms with Gasteiger partial charge in [0.2, 0.25) is 11.8 Å². The molecule has 6 rings (SSSR count). The van der Waals surface area contributed by atoms with Crippen molar-refractivity contribution in [1.82, 2.24) is 20.0 Å². The molecule has 3 aliphatic heterocycles. The molecule has 34 heavy (non-hydrogen) atoms. The number of nitrogens with zero attached hydrogens (tertiary/aromatic N) is 4. The summed E-state index contributed by atoms with van der Waals surface area (Å²) in [6, 6.07) is 7.05. The van der Waals surface area contributed by atoms with E-state index in [0.29, 0.717) is 24.6 Å². The van der Waals surface area contributed by atoms with E-state index in [1.165, 1.54) is 0 Å². The summed E-state index contributed by atoms with van der Waals surface area (Å²) in [4.78, 5) is 44.2. The first-order chi connectivity index (χ1) is 16.4. The van der Waals surface area contributed by atoms with Crippen molar-refractivity contribution in [1.29, 1.82) is 5.26 Å². The molecule has 3 amide bonds. The Labute approximate surface area is 198 Å². The van der Waals surface area contributed by atoms with Crippen LogP contribution in [0.4, 0.5) is 0 Å². The van der Waals surface area contributed by atoms with Crippen LogP contribution in [0.2, 0.25) is 0 Å². The first-order valence-electron chi connectivity index (χ1n) is 12.3. The highest BCUT2D eigenvalue weighted by molar-refractivity contribution is 5.94. The molecular formula is C25H30N6O3. The average molecular weight is 463 g/mol. The largest absolute Gasteiger partial charge is 0.355 e. The van der Waals surface area contributed by atoms with Crippen LogP contribution in [0, 0.1) is 17.2 Å². The van der Waals surface area contributed by atoms with Crippen LogP contribution in [0.15, 0.2) is 18.2 Å². The van der Waals surface area contributed by atoms with E-state index in [9.17, 15) is 19.6 Å². The lowest BCUT2D eigenvalue weighted by Crippen LogP contribution is -2.57. The van der Waals surface area contributed by atoms with Crippen molar-refractivity contribution in [3.05, 3.63) is 34.9 Å². The molecule has 9 nitrogen and oxygen atoms in total. The van der Waals surface area contributed by atoms with E-state index in [4.69, 9.17) is 5.73 Å². The second-order valence-electron chi connectivity index (χ2n) is 10.4. The van der Waals surface area contributed by atoms with Gasteiger partial charge in [0, 0.05) is 37.8 Å². The molecule has 178 valence electrons. The number of piperazine rings is 1. The van der Waals surface area contributed by atoms with Crippen LogP contribution < -0.4 is 11.1 Å². The molecule has 4 fully saturated rings. The van der Waals surface area contributed by atoms with Gasteiger partial charge in [-0.25, -0.2) is 0 Å². The van der Waals surface area contributed by atoms with Crippen LogP contribution in [-0.2, 0) is 16.0 Å². The number of piperidine rings is 1. The minimum absolute atomic E-state index is 0.0430. The van der Waals surface area contributed by atoms with Gasteiger partial charge in [0.25, 0.3) is 5.91 Å². The smallest absolute Gasteiger partial charge is 0.251 e. The molecule has 1 aromatic carbocycles. The van der Waals surface area contributed by atoms with Gasteiger partial charge in [0.05, 0.1) is 24.2 Å². The number of hydrogen-bond donors (Lipinski definition) is 2. The number of rotatable bonds is 5. The molecule has 2 aliphatic carbocycles. The lowest BCUT2D eigenvalue weighted by molar-refractivity contribution is -0.141. The van der Waals surface area contributed by atoms with Crippen molar-refractivity contribution in [3.8, 4) is 6.07 Å². The van der Waals surface area contributed by atoms with Crippen molar-refractivity contribution in [2.24, 2.45) is 11.7 Å². The third-order valence-electron chi connectivity index (χ3n) is 8.58. The van der Waals surface area contributed by atoms with E-state index in [1.807, 2.05) is 23.1 Å². The Morgan fingerprint density at radius 1 is 1.26 bits per heavy atom. The number of carbonyl (C=O) groups excluding carboxylic acids is 3. The molecule has 0 aromatic heterocycles. The number of amides is 3. The van der Waals surface area contributed by atoms with Crippen molar-refractivity contribution < 1.29 is 14.4 Å². The quantitative estimate of drug-likeness (QED) is 0.643. The summed E-state index contributed by atoms with van der Waals surface area (Å²) in [5.41, 5.74) is 9.25. The molecule has 2 bridgehead atoms. The highest BCUT2D eigenvalue weighted by Crippen LogP contribution is 2.48. The zero-order valence-electron chi connectivity index (χ0n) is 19.3. The Balaban J connectivity index is 1.12. The number of benzene rings is 1. The van der Waals surface area contributed by atoms with Gasteiger partial charge in [-0.1, -0.05) is 6.07 Å². The fourth-order valence-electron chi connectivity index (χ4n) is 6.88. The monoisotopic (exact) mass is 462 g/mol. The van der Waals surface area contributed by atoms with Crippen molar-refractivity contribution >= 4 is 17.7 Å².